The van der Waals surface area contributed by atoms with E-state index in [-0.39, 0.29) is 0 Å². The van der Waals surface area contributed by atoms with Gasteiger partial charge in [0, 0.05) is 70.8 Å². The fourth-order valence-corrected chi connectivity index (χ4v) is 4.06. The Morgan fingerprint density at radius 3 is 2.34 bits per heavy atom. The van der Waals surface area contributed by atoms with Crippen LogP contribution in [0.15, 0.2) is 23.5 Å². The maximum Gasteiger partial charge on any atom is 0.225 e. The lowest BCUT2D eigenvalue weighted by molar-refractivity contribution is 0.206. The molecule has 0 aliphatic carbocycles. The highest BCUT2D eigenvalue weighted by atomic mass is 15.3. The van der Waals surface area contributed by atoms with Gasteiger partial charge in [0.05, 0.1) is 6.54 Å². The number of nitrogens with zero attached hydrogens (tertiary/aromatic N) is 6. The van der Waals surface area contributed by atoms with Crippen LogP contribution in [-0.2, 0) is 0 Å². The average molecular weight is 403 g/mol. The summed E-state index contributed by atoms with van der Waals surface area (Å²) < 4.78 is 0. The van der Waals surface area contributed by atoms with Gasteiger partial charge in [-0.05, 0) is 38.8 Å². The minimum atomic E-state index is 0.537. The fourth-order valence-electron chi connectivity index (χ4n) is 4.06. The maximum absolute atomic E-state index is 4.84. The minimum absolute atomic E-state index is 0.537. The molecule has 0 amide bonds. The first-order valence-corrected chi connectivity index (χ1v) is 11.3. The molecule has 8 heteroatoms. The van der Waals surface area contributed by atoms with Gasteiger partial charge < -0.3 is 20.4 Å². The van der Waals surface area contributed by atoms with Crippen LogP contribution in [0.1, 0.15) is 33.1 Å². The molecule has 29 heavy (non-hydrogen) atoms. The van der Waals surface area contributed by atoms with Crippen LogP contribution in [0.4, 0.5) is 5.95 Å². The number of likely N-dealkylation sites (tertiary alicyclic amines) is 1. The van der Waals surface area contributed by atoms with Crippen molar-refractivity contribution in [1.82, 2.24) is 30.4 Å². The zero-order valence-corrected chi connectivity index (χ0v) is 18.2. The van der Waals surface area contributed by atoms with Gasteiger partial charge in [0.15, 0.2) is 5.96 Å². The van der Waals surface area contributed by atoms with Crippen LogP contribution in [0.2, 0.25) is 0 Å². The second-order valence-corrected chi connectivity index (χ2v) is 7.90. The number of piperazine rings is 1. The molecule has 2 saturated heterocycles. The number of piperidine rings is 1. The van der Waals surface area contributed by atoms with Gasteiger partial charge in [-0.3, -0.25) is 9.89 Å². The molecule has 0 radical (unpaired) electrons. The average Bonchev–Trinajstić information content (AvgIpc) is 2.76. The molecule has 2 aliphatic heterocycles. The monoisotopic (exact) mass is 402 g/mol. The summed E-state index contributed by atoms with van der Waals surface area (Å²) in [5.41, 5.74) is 0. The minimum Gasteiger partial charge on any atom is -0.357 e. The molecule has 0 spiro atoms. The highest BCUT2D eigenvalue weighted by Gasteiger charge is 2.20. The summed E-state index contributed by atoms with van der Waals surface area (Å²) in [6, 6.07) is 2.40. The van der Waals surface area contributed by atoms with E-state index in [0.29, 0.717) is 6.04 Å². The molecular formula is C21H38N8. The Morgan fingerprint density at radius 2 is 1.69 bits per heavy atom. The van der Waals surface area contributed by atoms with Crippen molar-refractivity contribution in [2.75, 3.05) is 70.3 Å². The van der Waals surface area contributed by atoms with Gasteiger partial charge in [0.2, 0.25) is 5.95 Å². The summed E-state index contributed by atoms with van der Waals surface area (Å²) >= 11 is 0. The van der Waals surface area contributed by atoms with Crippen molar-refractivity contribution in [1.29, 1.82) is 0 Å². The van der Waals surface area contributed by atoms with Crippen molar-refractivity contribution >= 4 is 11.9 Å². The highest BCUT2D eigenvalue weighted by molar-refractivity contribution is 5.80. The molecule has 0 atom stereocenters. The van der Waals surface area contributed by atoms with E-state index in [0.717, 1.165) is 57.7 Å². The Kier molecular flexibility index (Phi) is 8.95. The van der Waals surface area contributed by atoms with Crippen LogP contribution >= 0.6 is 0 Å². The normalized spacial score (nSPS) is 20.1. The molecule has 2 fully saturated rings. The molecule has 1 aromatic rings. The number of hydrogen-bond donors (Lipinski definition) is 2. The van der Waals surface area contributed by atoms with Gasteiger partial charge >= 0.3 is 0 Å². The third-order valence-electron chi connectivity index (χ3n) is 5.71. The van der Waals surface area contributed by atoms with E-state index in [9.17, 15) is 0 Å². The van der Waals surface area contributed by atoms with Crippen molar-refractivity contribution in [3.8, 4) is 0 Å². The van der Waals surface area contributed by atoms with Gasteiger partial charge in [0.1, 0.15) is 0 Å². The van der Waals surface area contributed by atoms with Crippen molar-refractivity contribution in [2.45, 2.75) is 39.2 Å². The summed E-state index contributed by atoms with van der Waals surface area (Å²) in [4.78, 5) is 20.9. The number of aromatic nitrogens is 2. The lowest BCUT2D eigenvalue weighted by Crippen LogP contribution is -2.49. The summed E-state index contributed by atoms with van der Waals surface area (Å²) in [5, 5.41) is 7.07. The topological polar surface area (TPSA) is 71.9 Å². The van der Waals surface area contributed by atoms with E-state index in [1.54, 1.807) is 0 Å². The van der Waals surface area contributed by atoms with Crippen LogP contribution in [-0.4, -0.2) is 97.2 Å². The van der Waals surface area contributed by atoms with Gasteiger partial charge in [-0.25, -0.2) is 9.97 Å². The predicted octanol–water partition coefficient (Wildman–Crippen LogP) is 1.03. The largest absolute Gasteiger partial charge is 0.357 e. The molecule has 0 unspecified atom stereocenters. The zero-order chi connectivity index (χ0) is 20.3. The smallest absolute Gasteiger partial charge is 0.225 e. The number of guanidine groups is 1. The highest BCUT2D eigenvalue weighted by Crippen LogP contribution is 2.11. The third kappa shape index (κ3) is 7.12. The predicted molar refractivity (Wildman–Crippen MR) is 120 cm³/mol. The molecule has 3 rings (SSSR count). The molecule has 0 bridgehead atoms. The van der Waals surface area contributed by atoms with Crippen LogP contribution < -0.4 is 15.5 Å². The summed E-state index contributed by atoms with van der Waals surface area (Å²) in [6.45, 7) is 14.7. The Hall–Kier alpha value is -1.93. The summed E-state index contributed by atoms with van der Waals surface area (Å²) in [7, 11) is 0. The standard InChI is InChI=1S/C21H38N8/c1-3-11-27-12-6-19(7-13-27)26-20(22-4-2)23-10-14-28-15-17-29(18-16-28)21-24-8-5-9-25-21/h5,8-9,19H,3-4,6-7,10-18H2,1-2H3,(H2,22,23,26). The molecule has 3 heterocycles. The van der Waals surface area contributed by atoms with Crippen molar-refractivity contribution < 1.29 is 0 Å². The Bertz CT molecular complexity index is 592. The second-order valence-electron chi connectivity index (χ2n) is 7.90. The Labute approximate surface area is 175 Å². The van der Waals surface area contributed by atoms with E-state index in [4.69, 9.17) is 4.99 Å². The molecule has 8 nitrogen and oxygen atoms in total. The molecule has 2 aliphatic rings. The number of aliphatic imine (C=N–C) groups is 1. The van der Waals surface area contributed by atoms with Gasteiger partial charge in [-0.1, -0.05) is 6.92 Å². The molecular weight excluding hydrogens is 364 g/mol. The second kappa shape index (κ2) is 11.9. The van der Waals surface area contributed by atoms with E-state index in [1.165, 1.54) is 38.9 Å². The van der Waals surface area contributed by atoms with E-state index in [2.05, 4.69) is 49.1 Å². The van der Waals surface area contributed by atoms with Crippen LogP contribution in [0.5, 0.6) is 0 Å². The lowest BCUT2D eigenvalue weighted by atomic mass is 10.1. The first-order valence-electron chi connectivity index (χ1n) is 11.3. The van der Waals surface area contributed by atoms with Crippen molar-refractivity contribution in [3.05, 3.63) is 18.5 Å². The van der Waals surface area contributed by atoms with E-state index >= 15 is 0 Å². The Balaban J connectivity index is 1.38. The SMILES string of the molecule is CCCN1CCC(NC(=NCCN2CCN(c3ncccn3)CC2)NCC)CC1. The van der Waals surface area contributed by atoms with Crippen molar-refractivity contribution in [2.24, 2.45) is 4.99 Å². The van der Waals surface area contributed by atoms with Gasteiger partial charge in [0.25, 0.3) is 0 Å². The number of anilines is 1. The summed E-state index contributed by atoms with van der Waals surface area (Å²) in [6.07, 6.45) is 7.27. The fraction of sp³-hybridized carbons (Fsp3) is 0.762. The van der Waals surface area contributed by atoms with Crippen LogP contribution in [0, 0.1) is 0 Å². The first-order chi connectivity index (χ1) is 14.3. The molecule has 0 saturated carbocycles. The van der Waals surface area contributed by atoms with E-state index in [1.807, 2.05) is 18.5 Å². The third-order valence-corrected chi connectivity index (χ3v) is 5.71. The molecule has 162 valence electrons. The molecule has 2 N–H and O–H groups in total. The summed E-state index contributed by atoms with van der Waals surface area (Å²) in [5.74, 6) is 1.81. The number of rotatable bonds is 8. The number of hydrogen-bond acceptors (Lipinski definition) is 6. The molecule has 0 aromatic carbocycles. The number of nitrogens with one attached hydrogen (secondary N) is 2. The maximum atomic E-state index is 4.84. The molecule has 1 aromatic heterocycles. The first kappa shape index (κ1) is 21.8. The quantitative estimate of drug-likeness (QED) is 0.497. The van der Waals surface area contributed by atoms with Crippen LogP contribution in [0.3, 0.4) is 0 Å². The van der Waals surface area contributed by atoms with Gasteiger partial charge in [-0.2, -0.15) is 0 Å². The Morgan fingerprint density at radius 1 is 1.00 bits per heavy atom. The van der Waals surface area contributed by atoms with Crippen molar-refractivity contribution in [3.63, 3.8) is 0 Å². The zero-order valence-electron chi connectivity index (χ0n) is 18.2. The van der Waals surface area contributed by atoms with Crippen LogP contribution in [0.25, 0.3) is 0 Å². The van der Waals surface area contributed by atoms with E-state index < -0.39 is 0 Å². The van der Waals surface area contributed by atoms with Gasteiger partial charge in [-0.15, -0.1) is 0 Å². The lowest BCUT2D eigenvalue weighted by Gasteiger charge is -2.34.